The third kappa shape index (κ3) is 7.29. The van der Waals surface area contributed by atoms with E-state index in [1.165, 1.54) is 6.08 Å². The number of nitrogens with one attached hydrogen (secondary N) is 1. The van der Waals surface area contributed by atoms with Crippen molar-refractivity contribution in [2.45, 2.75) is 26.9 Å². The number of amides is 1. The number of hydrogen-bond acceptors (Lipinski definition) is 4. The number of hydrogen-bond donors (Lipinski definition) is 2. The van der Waals surface area contributed by atoms with Crippen LogP contribution in [0.5, 0.6) is 0 Å². The number of aliphatic imine (C=N–C) groups is 1. The molecule has 0 aromatic heterocycles. The highest BCUT2D eigenvalue weighted by atomic mass is 19.4. The number of rotatable bonds is 4. The Morgan fingerprint density at radius 3 is 2.48 bits per heavy atom. The average molecular weight is 411 g/mol. The van der Waals surface area contributed by atoms with E-state index in [2.05, 4.69) is 17.0 Å². The fraction of sp³-hybridized carbons (Fsp3) is 0.316. The van der Waals surface area contributed by atoms with E-state index in [0.29, 0.717) is 0 Å². The minimum absolute atomic E-state index is 0.0157. The molecule has 0 fully saturated rings. The van der Waals surface area contributed by atoms with Gasteiger partial charge in [0.2, 0.25) is 0 Å². The molecule has 1 aromatic rings. The normalized spacial score (nSPS) is 12.6. The number of carbonyl (C=O) groups excluding carboxylic acids is 1. The van der Waals surface area contributed by atoms with Gasteiger partial charge < -0.3 is 5.73 Å². The molecule has 29 heavy (non-hydrogen) atoms. The van der Waals surface area contributed by atoms with Crippen molar-refractivity contribution in [2.75, 3.05) is 6.54 Å². The largest absolute Gasteiger partial charge is 0.417 e. The quantitative estimate of drug-likeness (QED) is 0.259. The molecule has 3 N–H and O–H groups in total. The van der Waals surface area contributed by atoms with E-state index in [4.69, 9.17) is 11.0 Å². The van der Waals surface area contributed by atoms with Crippen molar-refractivity contribution in [3.8, 4) is 6.07 Å². The van der Waals surface area contributed by atoms with Crippen LogP contribution in [0.3, 0.4) is 0 Å². The number of nitriles is 1. The van der Waals surface area contributed by atoms with Crippen LogP contribution in [0.25, 0.3) is 0 Å². The summed E-state index contributed by atoms with van der Waals surface area (Å²) < 4.78 is 53.0. The van der Waals surface area contributed by atoms with E-state index in [-0.39, 0.29) is 24.1 Å². The zero-order valence-corrected chi connectivity index (χ0v) is 16.1. The monoisotopic (exact) mass is 411 g/mol. The predicted molar refractivity (Wildman–Crippen MR) is 101 cm³/mol. The van der Waals surface area contributed by atoms with Gasteiger partial charge in [0.05, 0.1) is 11.1 Å². The van der Waals surface area contributed by atoms with Crippen LogP contribution in [0.15, 0.2) is 47.7 Å². The predicted octanol–water partition coefficient (Wildman–Crippen LogP) is 3.75. The maximum Gasteiger partial charge on any atom is 0.417 e. The molecule has 0 saturated heterocycles. The Kier molecular flexibility index (Phi) is 7.54. The molecule has 0 atom stereocenters. The molecule has 0 aliphatic rings. The number of carbonyl (C=O) groups is 1. The molecule has 156 valence electrons. The molecule has 1 aromatic carbocycles. The molecule has 0 bridgehead atoms. The number of alkyl halides is 3. The Morgan fingerprint density at radius 2 is 2.00 bits per heavy atom. The first-order chi connectivity index (χ1) is 13.3. The van der Waals surface area contributed by atoms with E-state index < -0.39 is 34.4 Å². The summed E-state index contributed by atoms with van der Waals surface area (Å²) in [5.74, 6) is -2.28. The van der Waals surface area contributed by atoms with Gasteiger partial charge in [-0.2, -0.15) is 18.4 Å². The van der Waals surface area contributed by atoms with Crippen LogP contribution in [-0.2, 0) is 6.18 Å². The number of allylic oxidation sites excluding steroid dienone is 1. The first-order valence-corrected chi connectivity index (χ1v) is 8.29. The van der Waals surface area contributed by atoms with Crippen molar-refractivity contribution >= 4 is 11.7 Å². The van der Waals surface area contributed by atoms with Crippen LogP contribution in [0, 0.1) is 22.6 Å². The Balaban J connectivity index is 3.41. The lowest BCUT2D eigenvalue weighted by Gasteiger charge is -2.31. The second-order valence-corrected chi connectivity index (χ2v) is 7.16. The average Bonchev–Trinajstić information content (AvgIpc) is 2.58. The smallest absolute Gasteiger partial charge is 0.404 e. The SMILES string of the molecule is C=C(C#N)N=C(/C=C\N)N(CC(C)(C)C)NC(=O)c1ccc(F)cc1C(F)(F)F. The number of hydrazine groups is 1. The highest BCUT2D eigenvalue weighted by Gasteiger charge is 2.36. The van der Waals surface area contributed by atoms with Crippen LogP contribution >= 0.6 is 0 Å². The summed E-state index contributed by atoms with van der Waals surface area (Å²) in [7, 11) is 0. The summed E-state index contributed by atoms with van der Waals surface area (Å²) in [4.78, 5) is 16.5. The van der Waals surface area contributed by atoms with Gasteiger partial charge in [-0.05, 0) is 35.9 Å². The van der Waals surface area contributed by atoms with E-state index in [1.807, 2.05) is 20.8 Å². The third-order valence-corrected chi connectivity index (χ3v) is 3.30. The summed E-state index contributed by atoms with van der Waals surface area (Å²) in [6.45, 7) is 8.96. The minimum atomic E-state index is -4.94. The van der Waals surface area contributed by atoms with Crippen LogP contribution < -0.4 is 11.2 Å². The van der Waals surface area contributed by atoms with Crippen molar-refractivity contribution in [1.82, 2.24) is 10.4 Å². The third-order valence-electron chi connectivity index (χ3n) is 3.30. The zero-order valence-electron chi connectivity index (χ0n) is 16.1. The standard InChI is InChI=1S/C19H21F4N5O/c1-12(10-25)26-16(7-8-24)28(11-18(2,3)4)27-17(29)14-6-5-13(20)9-15(14)19(21,22)23/h5-9H,1,11,24H2,2-4H3,(H,27,29)/b8-7-,26-16?. The van der Waals surface area contributed by atoms with Gasteiger partial charge in [-0.3, -0.25) is 15.2 Å². The molecule has 0 spiro atoms. The Hall–Kier alpha value is -3.35. The first-order valence-electron chi connectivity index (χ1n) is 8.29. The Morgan fingerprint density at radius 1 is 1.38 bits per heavy atom. The number of halogens is 4. The van der Waals surface area contributed by atoms with E-state index in [9.17, 15) is 22.4 Å². The molecule has 10 heteroatoms. The van der Waals surface area contributed by atoms with Gasteiger partial charge >= 0.3 is 6.18 Å². The van der Waals surface area contributed by atoms with Gasteiger partial charge in [-0.15, -0.1) is 0 Å². The van der Waals surface area contributed by atoms with Gasteiger partial charge in [0, 0.05) is 6.54 Å². The van der Waals surface area contributed by atoms with Crippen LogP contribution in [0.4, 0.5) is 17.6 Å². The molecular weight excluding hydrogens is 390 g/mol. The summed E-state index contributed by atoms with van der Waals surface area (Å²) >= 11 is 0. The van der Waals surface area contributed by atoms with Gasteiger partial charge in [0.1, 0.15) is 23.4 Å². The van der Waals surface area contributed by atoms with Gasteiger partial charge in [0.25, 0.3) is 5.91 Å². The lowest BCUT2D eigenvalue weighted by Crippen LogP contribution is -2.49. The van der Waals surface area contributed by atoms with Gasteiger partial charge in [-0.1, -0.05) is 27.4 Å². The Labute approximate surface area is 166 Å². The number of amidine groups is 1. The molecular formula is C19H21F4N5O. The number of nitrogens with two attached hydrogens (primary N) is 1. The fourth-order valence-corrected chi connectivity index (χ4v) is 2.22. The first kappa shape index (κ1) is 23.7. The van der Waals surface area contributed by atoms with Crippen LogP contribution in [0.2, 0.25) is 0 Å². The summed E-state index contributed by atoms with van der Waals surface area (Å²) in [6.07, 6.45) is -2.60. The van der Waals surface area contributed by atoms with E-state index >= 15 is 0 Å². The molecule has 0 unspecified atom stereocenters. The second-order valence-electron chi connectivity index (χ2n) is 7.16. The highest BCUT2D eigenvalue weighted by Crippen LogP contribution is 2.32. The zero-order chi connectivity index (χ0) is 22.4. The number of benzene rings is 1. The minimum Gasteiger partial charge on any atom is -0.404 e. The number of nitrogens with zero attached hydrogens (tertiary/aromatic N) is 3. The maximum atomic E-state index is 13.3. The topological polar surface area (TPSA) is 94.5 Å². The molecule has 1 amide bonds. The summed E-state index contributed by atoms with van der Waals surface area (Å²) in [5, 5.41) is 10.1. The molecule has 0 aliphatic carbocycles. The van der Waals surface area contributed by atoms with E-state index in [1.54, 1.807) is 6.07 Å². The highest BCUT2D eigenvalue weighted by molar-refractivity contribution is 6.00. The van der Waals surface area contributed by atoms with Crippen molar-refractivity contribution in [1.29, 1.82) is 5.26 Å². The van der Waals surface area contributed by atoms with Gasteiger partial charge in [-0.25, -0.2) is 9.38 Å². The van der Waals surface area contributed by atoms with Crippen LogP contribution in [0.1, 0.15) is 36.7 Å². The molecule has 1 rings (SSSR count). The van der Waals surface area contributed by atoms with Crippen molar-refractivity contribution in [3.05, 3.63) is 59.7 Å². The van der Waals surface area contributed by atoms with Crippen molar-refractivity contribution < 1.29 is 22.4 Å². The Bertz CT molecular complexity index is 876. The lowest BCUT2D eigenvalue weighted by atomic mass is 9.96. The molecule has 6 nitrogen and oxygen atoms in total. The van der Waals surface area contributed by atoms with Gasteiger partial charge in [0.15, 0.2) is 0 Å². The fourth-order valence-electron chi connectivity index (χ4n) is 2.22. The summed E-state index contributed by atoms with van der Waals surface area (Å²) in [5.41, 5.74) is 4.87. The molecule has 0 heterocycles. The second kappa shape index (κ2) is 9.23. The summed E-state index contributed by atoms with van der Waals surface area (Å²) in [6, 6.07) is 3.45. The molecule has 0 aliphatic heterocycles. The lowest BCUT2D eigenvalue weighted by molar-refractivity contribution is -0.138. The van der Waals surface area contributed by atoms with E-state index in [0.717, 1.165) is 23.3 Å². The maximum absolute atomic E-state index is 13.3. The van der Waals surface area contributed by atoms with Crippen molar-refractivity contribution in [2.24, 2.45) is 16.1 Å². The molecule has 0 saturated carbocycles. The molecule has 0 radical (unpaired) electrons. The van der Waals surface area contributed by atoms with Crippen LogP contribution in [-0.4, -0.2) is 23.3 Å². The van der Waals surface area contributed by atoms with Crippen molar-refractivity contribution in [3.63, 3.8) is 0 Å².